The summed E-state index contributed by atoms with van der Waals surface area (Å²) >= 11 is 0. The Labute approximate surface area is 144 Å². The lowest BCUT2D eigenvalue weighted by Crippen LogP contribution is -2.08. The minimum atomic E-state index is -4.58. The summed E-state index contributed by atoms with van der Waals surface area (Å²) in [5, 5.41) is 5.69. The van der Waals surface area contributed by atoms with Gasteiger partial charge in [-0.3, -0.25) is 0 Å². The summed E-state index contributed by atoms with van der Waals surface area (Å²) in [4.78, 5) is 16.4. The molecule has 4 rings (SSSR count). The van der Waals surface area contributed by atoms with E-state index in [0.717, 1.165) is 18.9 Å². The number of nitrogens with one attached hydrogen (secondary N) is 2. The summed E-state index contributed by atoms with van der Waals surface area (Å²) in [5.74, 6) is -0.382. The Balaban J connectivity index is 1.72. The molecule has 1 saturated carbocycles. The smallest absolute Gasteiger partial charge is 0.351 e. The van der Waals surface area contributed by atoms with Gasteiger partial charge in [-0.2, -0.15) is 13.2 Å². The molecule has 3 aromatic rings. The predicted molar refractivity (Wildman–Crippen MR) is 86.5 cm³/mol. The summed E-state index contributed by atoms with van der Waals surface area (Å²) in [7, 11) is 0. The highest BCUT2D eigenvalue weighted by Crippen LogP contribution is 2.33. The predicted octanol–water partition coefficient (Wildman–Crippen LogP) is 3.90. The Bertz CT molecular complexity index is 971. The molecular formula is C16H12F4N6. The van der Waals surface area contributed by atoms with Crippen molar-refractivity contribution in [3.8, 4) is 0 Å². The quantitative estimate of drug-likeness (QED) is 0.684. The lowest BCUT2D eigenvalue weighted by atomic mass is 10.2. The van der Waals surface area contributed by atoms with Gasteiger partial charge in [-0.25, -0.2) is 24.3 Å². The largest absolute Gasteiger partial charge is 0.416 e. The first-order valence-corrected chi connectivity index (χ1v) is 7.78. The SMILES string of the molecule is Fc1ccc(C(F)(F)F)cc1Nc1ncnc2cnc(NC3CC3)nc12. The van der Waals surface area contributed by atoms with Crippen molar-refractivity contribution < 1.29 is 17.6 Å². The third-order valence-electron chi connectivity index (χ3n) is 3.83. The van der Waals surface area contributed by atoms with Crippen molar-refractivity contribution in [2.75, 3.05) is 10.6 Å². The van der Waals surface area contributed by atoms with Gasteiger partial charge >= 0.3 is 6.18 Å². The maximum atomic E-state index is 14.0. The van der Waals surface area contributed by atoms with E-state index < -0.39 is 17.6 Å². The Hall–Kier alpha value is -3.04. The molecule has 6 nitrogen and oxygen atoms in total. The zero-order valence-corrected chi connectivity index (χ0v) is 13.2. The molecule has 26 heavy (non-hydrogen) atoms. The maximum absolute atomic E-state index is 14.0. The molecule has 0 radical (unpaired) electrons. The van der Waals surface area contributed by atoms with E-state index >= 15 is 0 Å². The minimum absolute atomic E-state index is 0.0921. The first-order chi connectivity index (χ1) is 12.4. The molecule has 0 unspecified atom stereocenters. The lowest BCUT2D eigenvalue weighted by Gasteiger charge is -2.12. The normalized spacial score (nSPS) is 14.5. The van der Waals surface area contributed by atoms with Crippen molar-refractivity contribution in [3.05, 3.63) is 42.1 Å². The van der Waals surface area contributed by atoms with Gasteiger partial charge in [0.15, 0.2) is 5.82 Å². The fourth-order valence-corrected chi connectivity index (χ4v) is 2.35. The van der Waals surface area contributed by atoms with Crippen molar-refractivity contribution in [2.45, 2.75) is 25.1 Å². The number of halogens is 4. The summed E-state index contributed by atoms with van der Waals surface area (Å²) in [5.41, 5.74) is -0.653. The van der Waals surface area contributed by atoms with E-state index in [4.69, 9.17) is 0 Å². The molecule has 1 aliphatic rings. The van der Waals surface area contributed by atoms with E-state index in [1.807, 2.05) is 0 Å². The molecular weight excluding hydrogens is 352 g/mol. The van der Waals surface area contributed by atoms with Crippen LogP contribution in [0.5, 0.6) is 0 Å². The van der Waals surface area contributed by atoms with E-state index in [-0.39, 0.29) is 17.0 Å². The average molecular weight is 364 g/mol. The number of hydrogen-bond donors (Lipinski definition) is 2. The summed E-state index contributed by atoms with van der Waals surface area (Å²) < 4.78 is 52.6. The van der Waals surface area contributed by atoms with Gasteiger partial charge in [0, 0.05) is 6.04 Å². The molecule has 134 valence electrons. The van der Waals surface area contributed by atoms with Crippen molar-refractivity contribution in [1.29, 1.82) is 0 Å². The highest BCUT2D eigenvalue weighted by atomic mass is 19.4. The van der Waals surface area contributed by atoms with Crippen LogP contribution in [-0.4, -0.2) is 26.0 Å². The third kappa shape index (κ3) is 3.35. The van der Waals surface area contributed by atoms with Crippen molar-refractivity contribution >= 4 is 28.5 Å². The second kappa shape index (κ2) is 6.04. The van der Waals surface area contributed by atoms with Gasteiger partial charge in [0.25, 0.3) is 0 Å². The number of fused-ring (bicyclic) bond motifs is 1. The summed E-state index contributed by atoms with van der Waals surface area (Å²) in [6, 6.07) is 2.44. The number of rotatable bonds is 4. The number of hydrogen-bond acceptors (Lipinski definition) is 6. The Kier molecular flexibility index (Phi) is 3.82. The minimum Gasteiger partial charge on any atom is -0.351 e. The maximum Gasteiger partial charge on any atom is 0.416 e. The zero-order valence-electron chi connectivity index (χ0n) is 13.2. The molecule has 1 aromatic carbocycles. The Morgan fingerprint density at radius 2 is 1.88 bits per heavy atom. The first kappa shape index (κ1) is 16.4. The number of nitrogens with zero attached hydrogens (tertiary/aromatic N) is 4. The second-order valence-electron chi connectivity index (χ2n) is 5.89. The van der Waals surface area contributed by atoms with Crippen LogP contribution in [-0.2, 0) is 6.18 Å². The van der Waals surface area contributed by atoms with Gasteiger partial charge < -0.3 is 10.6 Å². The summed E-state index contributed by atoms with van der Waals surface area (Å²) in [6.45, 7) is 0. The molecule has 1 aliphatic carbocycles. The van der Waals surface area contributed by atoms with Crippen LogP contribution in [0.15, 0.2) is 30.7 Å². The Morgan fingerprint density at radius 1 is 1.08 bits per heavy atom. The van der Waals surface area contributed by atoms with E-state index in [0.29, 0.717) is 29.6 Å². The molecule has 0 saturated heterocycles. The monoisotopic (exact) mass is 364 g/mol. The molecule has 2 N–H and O–H groups in total. The van der Waals surface area contributed by atoms with E-state index in [9.17, 15) is 17.6 Å². The van der Waals surface area contributed by atoms with E-state index in [1.54, 1.807) is 0 Å². The molecule has 0 spiro atoms. The van der Waals surface area contributed by atoms with Gasteiger partial charge in [0.05, 0.1) is 17.4 Å². The molecule has 0 bridgehead atoms. The zero-order chi connectivity index (χ0) is 18.3. The molecule has 2 aromatic heterocycles. The van der Waals surface area contributed by atoms with Crippen LogP contribution < -0.4 is 10.6 Å². The van der Waals surface area contributed by atoms with Gasteiger partial charge in [-0.1, -0.05) is 0 Å². The summed E-state index contributed by atoms with van der Waals surface area (Å²) in [6.07, 6.45) is 0.137. The van der Waals surface area contributed by atoms with Crippen molar-refractivity contribution in [3.63, 3.8) is 0 Å². The number of alkyl halides is 3. The van der Waals surface area contributed by atoms with Crippen LogP contribution in [0.4, 0.5) is 35.0 Å². The van der Waals surface area contributed by atoms with Crippen LogP contribution in [0.1, 0.15) is 18.4 Å². The molecule has 10 heteroatoms. The average Bonchev–Trinajstić information content (AvgIpc) is 3.40. The van der Waals surface area contributed by atoms with Crippen LogP contribution in [0, 0.1) is 5.82 Å². The fraction of sp³-hybridized carbons (Fsp3) is 0.250. The van der Waals surface area contributed by atoms with Crippen molar-refractivity contribution in [1.82, 2.24) is 19.9 Å². The lowest BCUT2D eigenvalue weighted by molar-refractivity contribution is -0.137. The highest BCUT2D eigenvalue weighted by molar-refractivity contribution is 5.87. The van der Waals surface area contributed by atoms with Crippen LogP contribution in [0.2, 0.25) is 0 Å². The number of anilines is 3. The van der Waals surface area contributed by atoms with Crippen LogP contribution in [0.3, 0.4) is 0 Å². The van der Waals surface area contributed by atoms with E-state index in [1.165, 1.54) is 12.5 Å². The standard InChI is InChI=1S/C16H12F4N6/c17-10-4-1-8(16(18,19)20)5-11(10)25-14-13-12(22-7-23-14)6-21-15(26-13)24-9-2-3-9/h1,4-7,9H,2-3H2,(H,21,24,26)(H,22,23,25). The number of benzene rings is 1. The Morgan fingerprint density at radius 3 is 2.62 bits per heavy atom. The third-order valence-corrected chi connectivity index (χ3v) is 3.83. The van der Waals surface area contributed by atoms with Gasteiger partial charge in [0.2, 0.25) is 5.95 Å². The molecule has 2 heterocycles. The first-order valence-electron chi connectivity index (χ1n) is 7.78. The number of aromatic nitrogens is 4. The fourth-order valence-electron chi connectivity index (χ4n) is 2.35. The topological polar surface area (TPSA) is 75.6 Å². The van der Waals surface area contributed by atoms with Gasteiger partial charge in [-0.15, -0.1) is 0 Å². The molecule has 0 amide bonds. The second-order valence-corrected chi connectivity index (χ2v) is 5.89. The molecule has 1 fully saturated rings. The van der Waals surface area contributed by atoms with Crippen LogP contribution >= 0.6 is 0 Å². The van der Waals surface area contributed by atoms with Gasteiger partial charge in [-0.05, 0) is 31.0 Å². The highest BCUT2D eigenvalue weighted by Gasteiger charge is 2.31. The van der Waals surface area contributed by atoms with Crippen LogP contribution in [0.25, 0.3) is 11.0 Å². The van der Waals surface area contributed by atoms with E-state index in [2.05, 4.69) is 30.6 Å². The molecule has 0 aliphatic heterocycles. The van der Waals surface area contributed by atoms with Crippen molar-refractivity contribution in [2.24, 2.45) is 0 Å². The van der Waals surface area contributed by atoms with Gasteiger partial charge in [0.1, 0.15) is 23.2 Å². The molecule has 0 atom stereocenters.